The highest BCUT2D eigenvalue weighted by Crippen LogP contribution is 2.10. The first kappa shape index (κ1) is 16.4. The largest absolute Gasteiger partial charge is 0.273 e. The summed E-state index contributed by atoms with van der Waals surface area (Å²) in [5.74, 6) is -0.126. The van der Waals surface area contributed by atoms with Gasteiger partial charge in [0, 0.05) is 11.1 Å². The number of nitrogens with zero attached hydrogens (tertiary/aromatic N) is 2. The number of benzene rings is 1. The smallest absolute Gasteiger partial charge is 0.246 e. The Balaban J connectivity index is 2.01. The monoisotopic (exact) mass is 315 g/mol. The van der Waals surface area contributed by atoms with Gasteiger partial charge in [0.05, 0.1) is 12.1 Å². The molecule has 0 radical (unpaired) electrons. The molecule has 116 valence electrons. The molecule has 0 bridgehead atoms. The Bertz CT molecular complexity index is 634. The molecule has 0 saturated heterocycles. The molecule has 0 atom stereocenters. The van der Waals surface area contributed by atoms with Gasteiger partial charge in [-0.1, -0.05) is 43.7 Å². The van der Waals surface area contributed by atoms with E-state index < -0.39 is 0 Å². The Morgan fingerprint density at radius 2 is 2.09 bits per heavy atom. The fourth-order valence-corrected chi connectivity index (χ4v) is 2.80. The first-order chi connectivity index (χ1) is 10.7. The predicted molar refractivity (Wildman–Crippen MR) is 91.2 cm³/mol. The summed E-state index contributed by atoms with van der Waals surface area (Å²) in [5.41, 5.74) is 5.59. The van der Waals surface area contributed by atoms with Gasteiger partial charge in [0.1, 0.15) is 5.01 Å². The molecule has 4 nitrogen and oxygen atoms in total. The molecular formula is C17H21N3OS. The summed E-state index contributed by atoms with van der Waals surface area (Å²) in [4.78, 5) is 16.3. The van der Waals surface area contributed by atoms with Crippen molar-refractivity contribution in [3.8, 4) is 0 Å². The number of aromatic nitrogens is 1. The average Bonchev–Trinajstić information content (AvgIpc) is 2.93. The molecule has 1 heterocycles. The second-order valence-electron chi connectivity index (χ2n) is 5.12. The number of aryl methyl sites for hydroxylation is 1. The number of hydrogen-bond acceptors (Lipinski definition) is 4. The van der Waals surface area contributed by atoms with Gasteiger partial charge >= 0.3 is 0 Å². The van der Waals surface area contributed by atoms with E-state index in [2.05, 4.69) is 22.4 Å². The number of carbonyl (C=O) groups is 1. The van der Waals surface area contributed by atoms with E-state index in [1.54, 1.807) is 0 Å². The van der Waals surface area contributed by atoms with Gasteiger partial charge in [0.2, 0.25) is 5.91 Å². The van der Waals surface area contributed by atoms with E-state index in [9.17, 15) is 4.79 Å². The summed E-state index contributed by atoms with van der Waals surface area (Å²) >= 11 is 1.50. The molecule has 1 N–H and O–H groups in total. The van der Waals surface area contributed by atoms with Crippen LogP contribution in [0.2, 0.25) is 0 Å². The summed E-state index contributed by atoms with van der Waals surface area (Å²) in [6.07, 6.45) is 3.28. The van der Waals surface area contributed by atoms with E-state index in [0.29, 0.717) is 0 Å². The fraction of sp³-hybridized carbons (Fsp3) is 0.353. The summed E-state index contributed by atoms with van der Waals surface area (Å²) in [6.45, 7) is 4.07. The molecule has 0 unspecified atom stereocenters. The van der Waals surface area contributed by atoms with Crippen LogP contribution in [0.3, 0.4) is 0 Å². The third kappa shape index (κ3) is 5.07. The van der Waals surface area contributed by atoms with Crippen molar-refractivity contribution in [1.82, 2.24) is 10.4 Å². The summed E-state index contributed by atoms with van der Waals surface area (Å²) < 4.78 is 0. The van der Waals surface area contributed by atoms with Crippen molar-refractivity contribution >= 4 is 23.0 Å². The van der Waals surface area contributed by atoms with Crippen LogP contribution in [0.15, 0.2) is 40.8 Å². The molecule has 1 aromatic carbocycles. The Hall–Kier alpha value is -2.01. The molecular weight excluding hydrogens is 294 g/mol. The van der Waals surface area contributed by atoms with Crippen molar-refractivity contribution < 1.29 is 4.79 Å². The molecule has 1 amide bonds. The van der Waals surface area contributed by atoms with Crippen LogP contribution in [0.4, 0.5) is 0 Å². The number of carbonyl (C=O) groups excluding carboxylic acids is 1. The minimum absolute atomic E-state index is 0.126. The highest BCUT2D eigenvalue weighted by Gasteiger charge is 2.08. The highest BCUT2D eigenvalue weighted by molar-refractivity contribution is 7.09. The minimum Gasteiger partial charge on any atom is -0.273 e. The third-order valence-corrected chi connectivity index (χ3v) is 4.13. The van der Waals surface area contributed by atoms with Crippen LogP contribution in [0.1, 0.15) is 42.5 Å². The van der Waals surface area contributed by atoms with Gasteiger partial charge in [0.15, 0.2) is 0 Å². The Morgan fingerprint density at radius 1 is 1.32 bits per heavy atom. The van der Waals surface area contributed by atoms with Gasteiger partial charge in [-0.3, -0.25) is 4.79 Å². The van der Waals surface area contributed by atoms with E-state index in [1.165, 1.54) is 11.3 Å². The molecule has 2 rings (SSSR count). The Kier molecular flexibility index (Phi) is 6.27. The van der Waals surface area contributed by atoms with E-state index in [-0.39, 0.29) is 12.3 Å². The van der Waals surface area contributed by atoms with E-state index >= 15 is 0 Å². The molecule has 0 aliphatic carbocycles. The number of rotatable bonds is 7. The normalized spacial score (nSPS) is 11.5. The number of hydrazone groups is 1. The van der Waals surface area contributed by atoms with Crippen molar-refractivity contribution in [2.24, 2.45) is 5.10 Å². The van der Waals surface area contributed by atoms with E-state index in [1.807, 2.05) is 42.6 Å². The lowest BCUT2D eigenvalue weighted by Crippen LogP contribution is -2.22. The number of hydrogen-bond donors (Lipinski definition) is 1. The fourth-order valence-electron chi connectivity index (χ4n) is 2.03. The van der Waals surface area contributed by atoms with Crippen molar-refractivity contribution in [2.45, 2.75) is 39.5 Å². The molecule has 0 saturated carbocycles. The molecule has 0 spiro atoms. The van der Waals surface area contributed by atoms with Crippen LogP contribution >= 0.6 is 11.3 Å². The maximum atomic E-state index is 12.0. The lowest BCUT2D eigenvalue weighted by Gasteiger charge is -2.06. The summed E-state index contributed by atoms with van der Waals surface area (Å²) in [5, 5.41) is 7.09. The van der Waals surface area contributed by atoms with Crippen molar-refractivity contribution in [3.63, 3.8) is 0 Å². The van der Waals surface area contributed by atoms with E-state index in [4.69, 9.17) is 0 Å². The van der Waals surface area contributed by atoms with Crippen molar-refractivity contribution in [1.29, 1.82) is 0 Å². The SMILES string of the molecule is CCCC/C(=N/NC(=O)Cc1nc(C)cs1)c1ccccc1. The molecule has 0 aliphatic rings. The lowest BCUT2D eigenvalue weighted by atomic mass is 10.1. The zero-order chi connectivity index (χ0) is 15.8. The maximum Gasteiger partial charge on any atom is 0.246 e. The first-order valence-corrected chi connectivity index (χ1v) is 8.39. The number of thiazole rings is 1. The van der Waals surface area contributed by atoms with Crippen LogP contribution in [-0.2, 0) is 11.2 Å². The first-order valence-electron chi connectivity index (χ1n) is 7.51. The van der Waals surface area contributed by atoms with Gasteiger partial charge in [-0.25, -0.2) is 10.4 Å². The molecule has 2 aromatic rings. The van der Waals surface area contributed by atoms with Crippen LogP contribution in [0.5, 0.6) is 0 Å². The van der Waals surface area contributed by atoms with Gasteiger partial charge in [0.25, 0.3) is 0 Å². The summed E-state index contributed by atoms with van der Waals surface area (Å²) in [7, 11) is 0. The van der Waals surface area contributed by atoms with Crippen molar-refractivity contribution in [2.75, 3.05) is 0 Å². The molecule has 0 aliphatic heterocycles. The van der Waals surface area contributed by atoms with Gasteiger partial charge in [-0.15, -0.1) is 11.3 Å². The molecule has 22 heavy (non-hydrogen) atoms. The van der Waals surface area contributed by atoms with Gasteiger partial charge < -0.3 is 0 Å². The van der Waals surface area contributed by atoms with Gasteiger partial charge in [-0.05, 0) is 25.3 Å². The number of amides is 1. The molecule has 0 fully saturated rings. The van der Waals surface area contributed by atoms with Gasteiger partial charge in [-0.2, -0.15) is 5.10 Å². The quantitative estimate of drug-likeness (QED) is 0.625. The number of unbranched alkanes of at least 4 members (excludes halogenated alkanes) is 1. The van der Waals surface area contributed by atoms with Crippen LogP contribution < -0.4 is 5.43 Å². The second kappa shape index (κ2) is 8.44. The van der Waals surface area contributed by atoms with Crippen LogP contribution in [0, 0.1) is 6.92 Å². The number of nitrogens with one attached hydrogen (secondary N) is 1. The van der Waals surface area contributed by atoms with Crippen LogP contribution in [-0.4, -0.2) is 16.6 Å². The topological polar surface area (TPSA) is 54.4 Å². The third-order valence-electron chi connectivity index (χ3n) is 3.17. The predicted octanol–water partition coefficient (Wildman–Crippen LogP) is 3.70. The second-order valence-corrected chi connectivity index (χ2v) is 6.07. The Labute approximate surface area is 135 Å². The zero-order valence-electron chi connectivity index (χ0n) is 13.0. The maximum absolute atomic E-state index is 12.0. The average molecular weight is 315 g/mol. The summed E-state index contributed by atoms with van der Waals surface area (Å²) in [6, 6.07) is 9.98. The molecule has 1 aromatic heterocycles. The van der Waals surface area contributed by atoms with E-state index in [0.717, 1.165) is 41.2 Å². The lowest BCUT2D eigenvalue weighted by molar-refractivity contribution is -0.120. The molecule has 5 heteroatoms. The van der Waals surface area contributed by atoms with Crippen LogP contribution in [0.25, 0.3) is 0 Å². The van der Waals surface area contributed by atoms with Crippen molar-refractivity contribution in [3.05, 3.63) is 52.0 Å². The Morgan fingerprint density at radius 3 is 2.73 bits per heavy atom. The minimum atomic E-state index is -0.126. The standard InChI is InChI=1S/C17H21N3OS/c1-3-4-10-15(14-8-6-5-7-9-14)19-20-16(21)11-17-18-13(2)12-22-17/h5-9,12H,3-4,10-11H2,1-2H3,(H,20,21)/b19-15-. The zero-order valence-corrected chi connectivity index (χ0v) is 13.8. The highest BCUT2D eigenvalue weighted by atomic mass is 32.1.